The number of hydrogen-bond donors (Lipinski definition) is 2. The van der Waals surface area contributed by atoms with Gasteiger partial charge in [-0.1, -0.05) is 12.5 Å². The normalized spacial score (nSPS) is 13.0. The van der Waals surface area contributed by atoms with Crippen LogP contribution in [0.4, 0.5) is 0 Å². The second kappa shape index (κ2) is 7.08. The van der Waals surface area contributed by atoms with Crippen LogP contribution in [0.3, 0.4) is 0 Å². The number of fused-ring (bicyclic) bond motifs is 1. The molecule has 0 spiro atoms. The molecule has 0 fully saturated rings. The summed E-state index contributed by atoms with van der Waals surface area (Å²) < 4.78 is 0. The van der Waals surface area contributed by atoms with Crippen molar-refractivity contribution in [3.8, 4) is 0 Å². The van der Waals surface area contributed by atoms with Crippen molar-refractivity contribution in [3.63, 3.8) is 0 Å². The standard InChI is InChI=1S/C16H21NO3/c18-15(19)7-2-1-3-10-17-16(20)14-9-8-12-5-4-6-13(12)11-14/h8-9,11H,1-7,10H2,(H,17,20)(H,18,19). The lowest BCUT2D eigenvalue weighted by Crippen LogP contribution is -2.24. The molecule has 4 heteroatoms. The molecule has 1 aromatic carbocycles. The van der Waals surface area contributed by atoms with E-state index in [1.54, 1.807) is 0 Å². The van der Waals surface area contributed by atoms with Crippen molar-refractivity contribution < 1.29 is 14.7 Å². The number of amides is 1. The first-order valence-corrected chi connectivity index (χ1v) is 7.28. The summed E-state index contributed by atoms with van der Waals surface area (Å²) in [5.74, 6) is -0.787. The zero-order chi connectivity index (χ0) is 14.4. The van der Waals surface area contributed by atoms with Crippen LogP contribution in [0.5, 0.6) is 0 Å². The number of carboxylic acids is 1. The maximum atomic E-state index is 12.0. The van der Waals surface area contributed by atoms with Crippen molar-refractivity contribution in [2.24, 2.45) is 0 Å². The zero-order valence-corrected chi connectivity index (χ0v) is 11.7. The molecule has 108 valence electrons. The number of aliphatic carboxylic acids is 1. The fourth-order valence-electron chi connectivity index (χ4n) is 2.60. The number of carbonyl (C=O) groups is 2. The SMILES string of the molecule is O=C(O)CCCCCNC(=O)c1ccc2c(c1)CCC2. The van der Waals surface area contributed by atoms with Crippen molar-refractivity contribution in [2.45, 2.75) is 44.9 Å². The first kappa shape index (κ1) is 14.6. The Kier molecular flexibility index (Phi) is 5.16. The van der Waals surface area contributed by atoms with Gasteiger partial charge in [-0.15, -0.1) is 0 Å². The van der Waals surface area contributed by atoms with Crippen molar-refractivity contribution in [3.05, 3.63) is 34.9 Å². The Balaban J connectivity index is 1.71. The summed E-state index contributed by atoms with van der Waals surface area (Å²) in [6, 6.07) is 5.95. The predicted molar refractivity (Wildman–Crippen MR) is 76.9 cm³/mol. The Morgan fingerprint density at radius 3 is 2.70 bits per heavy atom. The van der Waals surface area contributed by atoms with Gasteiger partial charge in [0.15, 0.2) is 0 Å². The molecule has 4 nitrogen and oxygen atoms in total. The molecule has 1 aliphatic carbocycles. The maximum Gasteiger partial charge on any atom is 0.303 e. The summed E-state index contributed by atoms with van der Waals surface area (Å²) >= 11 is 0. The van der Waals surface area contributed by atoms with Crippen LogP contribution in [0.1, 0.15) is 53.6 Å². The Morgan fingerprint density at radius 2 is 1.90 bits per heavy atom. The van der Waals surface area contributed by atoms with E-state index in [2.05, 4.69) is 11.4 Å². The number of carboxylic acid groups (broad SMARTS) is 1. The number of unbranched alkanes of at least 4 members (excludes halogenated alkanes) is 2. The Hall–Kier alpha value is -1.84. The van der Waals surface area contributed by atoms with Gasteiger partial charge in [-0.3, -0.25) is 9.59 Å². The second-order valence-electron chi connectivity index (χ2n) is 5.30. The molecule has 1 amide bonds. The molecule has 2 N–H and O–H groups in total. The van der Waals surface area contributed by atoms with Crippen LogP contribution in [0.15, 0.2) is 18.2 Å². The molecule has 0 unspecified atom stereocenters. The zero-order valence-electron chi connectivity index (χ0n) is 11.7. The van der Waals surface area contributed by atoms with Crippen LogP contribution in [-0.4, -0.2) is 23.5 Å². The molecular formula is C16H21NO3. The molecule has 0 radical (unpaired) electrons. The molecule has 0 bridgehead atoms. The number of aryl methyl sites for hydroxylation is 2. The topological polar surface area (TPSA) is 66.4 Å². The predicted octanol–water partition coefficient (Wildman–Crippen LogP) is 2.55. The highest BCUT2D eigenvalue weighted by Crippen LogP contribution is 2.22. The molecular weight excluding hydrogens is 254 g/mol. The first-order valence-electron chi connectivity index (χ1n) is 7.28. The van der Waals surface area contributed by atoms with E-state index in [9.17, 15) is 9.59 Å². The van der Waals surface area contributed by atoms with Crippen LogP contribution in [-0.2, 0) is 17.6 Å². The van der Waals surface area contributed by atoms with E-state index in [0.29, 0.717) is 13.0 Å². The highest BCUT2D eigenvalue weighted by molar-refractivity contribution is 5.94. The molecule has 20 heavy (non-hydrogen) atoms. The lowest BCUT2D eigenvalue weighted by molar-refractivity contribution is -0.137. The van der Waals surface area contributed by atoms with Gasteiger partial charge in [0, 0.05) is 18.5 Å². The van der Waals surface area contributed by atoms with Gasteiger partial charge in [-0.2, -0.15) is 0 Å². The average Bonchev–Trinajstić information content (AvgIpc) is 2.89. The Morgan fingerprint density at radius 1 is 1.10 bits per heavy atom. The second-order valence-corrected chi connectivity index (χ2v) is 5.30. The van der Waals surface area contributed by atoms with Crippen molar-refractivity contribution in [2.75, 3.05) is 6.54 Å². The van der Waals surface area contributed by atoms with E-state index < -0.39 is 5.97 Å². The minimum absolute atomic E-state index is 0.0297. The molecule has 0 aliphatic heterocycles. The number of benzene rings is 1. The number of nitrogens with one attached hydrogen (secondary N) is 1. The quantitative estimate of drug-likeness (QED) is 0.751. The third-order valence-electron chi connectivity index (χ3n) is 3.71. The Labute approximate surface area is 119 Å². The number of carbonyl (C=O) groups excluding carboxylic acids is 1. The van der Waals surface area contributed by atoms with E-state index in [1.807, 2.05) is 12.1 Å². The third kappa shape index (κ3) is 4.08. The molecule has 0 saturated heterocycles. The van der Waals surface area contributed by atoms with Gasteiger partial charge in [-0.05, 0) is 55.4 Å². The molecule has 1 aromatic rings. The summed E-state index contributed by atoms with van der Waals surface area (Å²) in [4.78, 5) is 22.3. The molecule has 0 heterocycles. The summed E-state index contributed by atoms with van der Waals surface area (Å²) in [6.45, 7) is 0.607. The summed E-state index contributed by atoms with van der Waals surface area (Å²) in [7, 11) is 0. The summed E-state index contributed by atoms with van der Waals surface area (Å²) in [5, 5.41) is 11.4. The number of hydrogen-bond acceptors (Lipinski definition) is 2. The molecule has 1 aliphatic rings. The average molecular weight is 275 g/mol. The molecule has 0 aromatic heterocycles. The first-order chi connectivity index (χ1) is 9.66. The monoisotopic (exact) mass is 275 g/mol. The minimum Gasteiger partial charge on any atom is -0.481 e. The fraction of sp³-hybridized carbons (Fsp3) is 0.500. The van der Waals surface area contributed by atoms with Crippen molar-refractivity contribution >= 4 is 11.9 Å². The largest absolute Gasteiger partial charge is 0.481 e. The molecule has 0 saturated carbocycles. The third-order valence-corrected chi connectivity index (χ3v) is 3.71. The number of rotatable bonds is 7. The highest BCUT2D eigenvalue weighted by atomic mass is 16.4. The van der Waals surface area contributed by atoms with Gasteiger partial charge < -0.3 is 10.4 Å². The lowest BCUT2D eigenvalue weighted by atomic mass is 10.1. The van der Waals surface area contributed by atoms with E-state index in [1.165, 1.54) is 17.5 Å². The van der Waals surface area contributed by atoms with E-state index in [0.717, 1.165) is 31.2 Å². The van der Waals surface area contributed by atoms with Gasteiger partial charge in [0.1, 0.15) is 0 Å². The summed E-state index contributed by atoms with van der Waals surface area (Å²) in [5.41, 5.74) is 3.41. The molecule has 0 atom stereocenters. The van der Waals surface area contributed by atoms with Gasteiger partial charge in [-0.25, -0.2) is 0 Å². The van der Waals surface area contributed by atoms with Gasteiger partial charge in [0.05, 0.1) is 0 Å². The lowest BCUT2D eigenvalue weighted by Gasteiger charge is -2.07. The van der Waals surface area contributed by atoms with Crippen LogP contribution < -0.4 is 5.32 Å². The minimum atomic E-state index is -0.757. The maximum absolute atomic E-state index is 12.0. The highest BCUT2D eigenvalue weighted by Gasteiger charge is 2.13. The summed E-state index contributed by atoms with van der Waals surface area (Å²) in [6.07, 6.45) is 5.92. The van der Waals surface area contributed by atoms with Crippen LogP contribution >= 0.6 is 0 Å². The van der Waals surface area contributed by atoms with Crippen molar-refractivity contribution in [1.29, 1.82) is 0 Å². The van der Waals surface area contributed by atoms with E-state index in [4.69, 9.17) is 5.11 Å². The van der Waals surface area contributed by atoms with Crippen LogP contribution in [0, 0.1) is 0 Å². The van der Waals surface area contributed by atoms with Gasteiger partial charge >= 0.3 is 5.97 Å². The Bertz CT molecular complexity index is 496. The van der Waals surface area contributed by atoms with E-state index in [-0.39, 0.29) is 12.3 Å². The van der Waals surface area contributed by atoms with E-state index >= 15 is 0 Å². The van der Waals surface area contributed by atoms with Gasteiger partial charge in [0.2, 0.25) is 0 Å². The smallest absolute Gasteiger partial charge is 0.303 e. The van der Waals surface area contributed by atoms with Crippen molar-refractivity contribution in [1.82, 2.24) is 5.32 Å². The fourth-order valence-corrected chi connectivity index (χ4v) is 2.60. The van der Waals surface area contributed by atoms with Gasteiger partial charge in [0.25, 0.3) is 5.91 Å². The van der Waals surface area contributed by atoms with Crippen LogP contribution in [0.25, 0.3) is 0 Å². The molecule has 2 rings (SSSR count). The van der Waals surface area contributed by atoms with Crippen LogP contribution in [0.2, 0.25) is 0 Å².